The number of hydrogen-bond acceptors (Lipinski definition) is 5. The second-order valence-electron chi connectivity index (χ2n) is 7.28. The number of alkyl carbamates (subject to hydrolysis) is 1. The molecule has 0 bridgehead atoms. The molecule has 1 fully saturated rings. The summed E-state index contributed by atoms with van der Waals surface area (Å²) in [6.45, 7) is 6.87. The molecular weight excluding hydrogens is 324 g/mol. The fourth-order valence-electron chi connectivity index (χ4n) is 2.91. The number of fused-ring (bicyclic) bond motifs is 1. The Morgan fingerprint density at radius 3 is 2.52 bits per heavy atom. The van der Waals surface area contributed by atoms with E-state index in [-0.39, 0.29) is 18.7 Å². The number of nitrogens with zero attached hydrogens (tertiary/aromatic N) is 1. The molecule has 136 valence electrons. The topological polar surface area (TPSA) is 77.1 Å². The molecule has 0 aromatic heterocycles. The predicted molar refractivity (Wildman–Crippen MR) is 90.9 cm³/mol. The van der Waals surface area contributed by atoms with Crippen LogP contribution >= 0.6 is 0 Å². The largest absolute Gasteiger partial charge is 0.454 e. The van der Waals surface area contributed by atoms with Crippen molar-refractivity contribution in [2.24, 2.45) is 0 Å². The summed E-state index contributed by atoms with van der Waals surface area (Å²) < 4.78 is 15.9. The lowest BCUT2D eigenvalue weighted by Crippen LogP contribution is -2.47. The smallest absolute Gasteiger partial charge is 0.407 e. The van der Waals surface area contributed by atoms with E-state index in [1.807, 2.05) is 20.8 Å². The van der Waals surface area contributed by atoms with Gasteiger partial charge in [-0.2, -0.15) is 0 Å². The Bertz CT molecular complexity index is 660. The molecule has 2 aliphatic rings. The van der Waals surface area contributed by atoms with Crippen LogP contribution in [-0.4, -0.2) is 48.4 Å². The molecule has 25 heavy (non-hydrogen) atoms. The normalized spacial score (nSPS) is 17.3. The SMILES string of the molecule is CC(C)(C)OC(=O)NC1CCN(C(=O)c2ccc3c(c2)OCO3)CC1. The molecule has 1 aromatic rings. The summed E-state index contributed by atoms with van der Waals surface area (Å²) in [5.41, 5.74) is 0.0721. The highest BCUT2D eigenvalue weighted by atomic mass is 16.7. The van der Waals surface area contributed by atoms with Crippen molar-refractivity contribution in [1.82, 2.24) is 10.2 Å². The van der Waals surface area contributed by atoms with Gasteiger partial charge < -0.3 is 24.4 Å². The zero-order chi connectivity index (χ0) is 18.0. The van der Waals surface area contributed by atoms with Crippen molar-refractivity contribution in [2.45, 2.75) is 45.3 Å². The Labute approximate surface area is 147 Å². The third-order valence-electron chi connectivity index (χ3n) is 4.12. The van der Waals surface area contributed by atoms with Gasteiger partial charge in [0.05, 0.1) is 0 Å². The molecule has 3 rings (SSSR count). The van der Waals surface area contributed by atoms with Gasteiger partial charge in [-0.1, -0.05) is 0 Å². The highest BCUT2D eigenvalue weighted by molar-refractivity contribution is 5.95. The van der Waals surface area contributed by atoms with Crippen LogP contribution in [0, 0.1) is 0 Å². The maximum absolute atomic E-state index is 12.6. The summed E-state index contributed by atoms with van der Waals surface area (Å²) in [5, 5.41) is 2.87. The second-order valence-corrected chi connectivity index (χ2v) is 7.28. The standard InChI is InChI=1S/C18H24N2O5/c1-18(2,3)25-17(22)19-13-6-8-20(9-7-13)16(21)12-4-5-14-15(10-12)24-11-23-14/h4-5,10,13H,6-9,11H2,1-3H3,(H,19,22). The van der Waals surface area contributed by atoms with Crippen LogP contribution in [0.5, 0.6) is 11.5 Å². The average molecular weight is 348 g/mol. The van der Waals surface area contributed by atoms with Crippen LogP contribution in [0.2, 0.25) is 0 Å². The van der Waals surface area contributed by atoms with Crippen LogP contribution in [0.15, 0.2) is 18.2 Å². The molecule has 2 amide bonds. The Kier molecular flexibility index (Phi) is 4.74. The number of benzene rings is 1. The van der Waals surface area contributed by atoms with Crippen molar-refractivity contribution in [1.29, 1.82) is 0 Å². The van der Waals surface area contributed by atoms with Crippen molar-refractivity contribution in [3.8, 4) is 11.5 Å². The van der Waals surface area contributed by atoms with E-state index in [2.05, 4.69) is 5.32 Å². The maximum atomic E-state index is 12.6. The molecule has 1 saturated heterocycles. The van der Waals surface area contributed by atoms with Crippen molar-refractivity contribution in [3.05, 3.63) is 23.8 Å². The van der Waals surface area contributed by atoms with Gasteiger partial charge in [0.2, 0.25) is 6.79 Å². The van der Waals surface area contributed by atoms with Crippen LogP contribution in [0.1, 0.15) is 44.0 Å². The Morgan fingerprint density at radius 1 is 1.16 bits per heavy atom. The molecule has 0 unspecified atom stereocenters. The molecule has 0 saturated carbocycles. The monoisotopic (exact) mass is 348 g/mol. The van der Waals surface area contributed by atoms with Gasteiger partial charge in [-0.3, -0.25) is 4.79 Å². The van der Waals surface area contributed by atoms with Crippen molar-refractivity contribution in [2.75, 3.05) is 19.9 Å². The highest BCUT2D eigenvalue weighted by Gasteiger charge is 2.27. The Morgan fingerprint density at radius 2 is 1.84 bits per heavy atom. The van der Waals surface area contributed by atoms with Gasteiger partial charge in [0.25, 0.3) is 5.91 Å². The summed E-state index contributed by atoms with van der Waals surface area (Å²) in [6.07, 6.45) is 0.999. The summed E-state index contributed by atoms with van der Waals surface area (Å²) in [4.78, 5) is 26.3. The van der Waals surface area contributed by atoms with Gasteiger partial charge in [0, 0.05) is 24.7 Å². The van der Waals surface area contributed by atoms with E-state index in [0.717, 1.165) is 0 Å². The molecule has 2 aliphatic heterocycles. The zero-order valence-electron chi connectivity index (χ0n) is 14.8. The molecule has 1 N–H and O–H groups in total. The first-order valence-electron chi connectivity index (χ1n) is 8.50. The van der Waals surface area contributed by atoms with Crippen LogP contribution in [0.25, 0.3) is 0 Å². The van der Waals surface area contributed by atoms with E-state index in [1.165, 1.54) is 0 Å². The summed E-state index contributed by atoms with van der Waals surface area (Å²) >= 11 is 0. The summed E-state index contributed by atoms with van der Waals surface area (Å²) in [7, 11) is 0. The summed E-state index contributed by atoms with van der Waals surface area (Å²) in [5.74, 6) is 1.23. The minimum atomic E-state index is -0.514. The lowest BCUT2D eigenvalue weighted by molar-refractivity contribution is 0.0473. The van der Waals surface area contributed by atoms with Gasteiger partial charge in [-0.15, -0.1) is 0 Å². The third-order valence-corrected chi connectivity index (χ3v) is 4.12. The molecule has 0 spiro atoms. The second kappa shape index (κ2) is 6.82. The number of likely N-dealkylation sites (tertiary alicyclic amines) is 1. The van der Waals surface area contributed by atoms with Gasteiger partial charge >= 0.3 is 6.09 Å². The van der Waals surface area contributed by atoms with E-state index in [0.29, 0.717) is 43.0 Å². The fraction of sp³-hybridized carbons (Fsp3) is 0.556. The van der Waals surface area contributed by atoms with Crippen LogP contribution in [0.4, 0.5) is 4.79 Å². The average Bonchev–Trinajstić information content (AvgIpc) is 3.00. The minimum absolute atomic E-state index is 0.0238. The van der Waals surface area contributed by atoms with E-state index < -0.39 is 11.7 Å². The molecule has 0 aliphatic carbocycles. The molecule has 0 atom stereocenters. The van der Waals surface area contributed by atoms with E-state index in [1.54, 1.807) is 23.1 Å². The van der Waals surface area contributed by atoms with Gasteiger partial charge in [0.15, 0.2) is 11.5 Å². The molecule has 0 radical (unpaired) electrons. The molecule has 7 heteroatoms. The molecule has 7 nitrogen and oxygen atoms in total. The predicted octanol–water partition coefficient (Wildman–Crippen LogP) is 2.54. The number of ether oxygens (including phenoxy) is 3. The number of hydrogen-bond donors (Lipinski definition) is 1. The van der Waals surface area contributed by atoms with Crippen molar-refractivity contribution < 1.29 is 23.8 Å². The first kappa shape index (κ1) is 17.4. The number of carbonyl (C=O) groups is 2. The first-order chi connectivity index (χ1) is 11.8. The maximum Gasteiger partial charge on any atom is 0.407 e. The van der Waals surface area contributed by atoms with E-state index in [4.69, 9.17) is 14.2 Å². The molecular formula is C18H24N2O5. The number of piperidine rings is 1. The zero-order valence-corrected chi connectivity index (χ0v) is 14.8. The third kappa shape index (κ3) is 4.35. The van der Waals surface area contributed by atoms with Crippen molar-refractivity contribution in [3.63, 3.8) is 0 Å². The van der Waals surface area contributed by atoms with Crippen LogP contribution in [-0.2, 0) is 4.74 Å². The lowest BCUT2D eigenvalue weighted by atomic mass is 10.0. The Balaban J connectivity index is 1.52. The van der Waals surface area contributed by atoms with Crippen LogP contribution < -0.4 is 14.8 Å². The highest BCUT2D eigenvalue weighted by Crippen LogP contribution is 2.33. The summed E-state index contributed by atoms with van der Waals surface area (Å²) in [6, 6.07) is 5.25. The number of nitrogens with one attached hydrogen (secondary N) is 1. The van der Waals surface area contributed by atoms with E-state index in [9.17, 15) is 9.59 Å². The first-order valence-corrected chi connectivity index (χ1v) is 8.50. The van der Waals surface area contributed by atoms with Gasteiger partial charge in [-0.05, 0) is 51.8 Å². The lowest BCUT2D eigenvalue weighted by Gasteiger charge is -2.33. The van der Waals surface area contributed by atoms with Crippen LogP contribution in [0.3, 0.4) is 0 Å². The molecule has 1 aromatic carbocycles. The number of rotatable bonds is 2. The van der Waals surface area contributed by atoms with Gasteiger partial charge in [0.1, 0.15) is 5.60 Å². The van der Waals surface area contributed by atoms with Crippen molar-refractivity contribution >= 4 is 12.0 Å². The minimum Gasteiger partial charge on any atom is -0.454 e. The molecule has 2 heterocycles. The number of amides is 2. The number of carbonyl (C=O) groups excluding carboxylic acids is 2. The Hall–Kier alpha value is -2.44. The van der Waals surface area contributed by atoms with Gasteiger partial charge in [-0.25, -0.2) is 4.79 Å². The fourth-order valence-corrected chi connectivity index (χ4v) is 2.91. The van der Waals surface area contributed by atoms with E-state index >= 15 is 0 Å². The quantitative estimate of drug-likeness (QED) is 0.889.